The van der Waals surface area contributed by atoms with Gasteiger partial charge in [-0.25, -0.2) is 0 Å². The molecule has 1 aliphatic carbocycles. The summed E-state index contributed by atoms with van der Waals surface area (Å²) in [5, 5.41) is 0. The SMILES string of the molecule is CCC(C1=CCC=C1)N(C)C. The van der Waals surface area contributed by atoms with Gasteiger partial charge in [-0.3, -0.25) is 0 Å². The summed E-state index contributed by atoms with van der Waals surface area (Å²) in [5.74, 6) is 0. The Morgan fingerprint density at radius 2 is 2.27 bits per heavy atom. The molecule has 0 amide bonds. The first-order chi connectivity index (χ1) is 5.25. The highest BCUT2D eigenvalue weighted by atomic mass is 15.1. The lowest BCUT2D eigenvalue weighted by molar-refractivity contribution is 0.327. The summed E-state index contributed by atoms with van der Waals surface area (Å²) in [6.07, 6.45) is 9.10. The highest BCUT2D eigenvalue weighted by molar-refractivity contribution is 5.30. The summed E-state index contributed by atoms with van der Waals surface area (Å²) in [4.78, 5) is 2.28. The largest absolute Gasteiger partial charge is 0.302 e. The fraction of sp³-hybridized carbons (Fsp3) is 0.600. The third-order valence-corrected chi connectivity index (χ3v) is 2.19. The van der Waals surface area contributed by atoms with Crippen LogP contribution < -0.4 is 0 Å². The molecule has 62 valence electrons. The molecular weight excluding hydrogens is 134 g/mol. The van der Waals surface area contributed by atoms with Gasteiger partial charge in [-0.2, -0.15) is 0 Å². The number of hydrogen-bond acceptors (Lipinski definition) is 1. The van der Waals surface area contributed by atoms with Crippen LogP contribution in [0.4, 0.5) is 0 Å². The van der Waals surface area contributed by atoms with Crippen molar-refractivity contribution in [1.29, 1.82) is 0 Å². The van der Waals surface area contributed by atoms with Crippen molar-refractivity contribution in [3.05, 3.63) is 23.8 Å². The molecule has 0 saturated heterocycles. The van der Waals surface area contributed by atoms with Crippen LogP contribution in [0.3, 0.4) is 0 Å². The molecule has 0 N–H and O–H groups in total. The van der Waals surface area contributed by atoms with Crippen molar-refractivity contribution in [2.75, 3.05) is 14.1 Å². The predicted molar refractivity (Wildman–Crippen MR) is 49.6 cm³/mol. The van der Waals surface area contributed by atoms with Crippen molar-refractivity contribution in [3.8, 4) is 0 Å². The minimum absolute atomic E-state index is 0.619. The van der Waals surface area contributed by atoms with Crippen LogP contribution in [0, 0.1) is 0 Å². The lowest BCUT2D eigenvalue weighted by atomic mass is 10.1. The molecule has 0 fully saturated rings. The Bertz CT molecular complexity index is 177. The Morgan fingerprint density at radius 1 is 1.55 bits per heavy atom. The fourth-order valence-corrected chi connectivity index (χ4v) is 1.62. The summed E-state index contributed by atoms with van der Waals surface area (Å²) in [7, 11) is 4.28. The summed E-state index contributed by atoms with van der Waals surface area (Å²) < 4.78 is 0. The average Bonchev–Trinajstić information content (AvgIpc) is 2.40. The smallest absolute Gasteiger partial charge is 0.0336 e. The lowest BCUT2D eigenvalue weighted by Gasteiger charge is -2.23. The van der Waals surface area contributed by atoms with Gasteiger partial charge in [-0.15, -0.1) is 0 Å². The summed E-state index contributed by atoms with van der Waals surface area (Å²) >= 11 is 0. The van der Waals surface area contributed by atoms with E-state index in [9.17, 15) is 0 Å². The van der Waals surface area contributed by atoms with E-state index in [2.05, 4.69) is 44.1 Å². The molecule has 0 saturated carbocycles. The average molecular weight is 151 g/mol. The second kappa shape index (κ2) is 3.72. The van der Waals surface area contributed by atoms with Crippen LogP contribution in [0.15, 0.2) is 23.8 Å². The van der Waals surface area contributed by atoms with E-state index < -0.39 is 0 Å². The van der Waals surface area contributed by atoms with Gasteiger partial charge >= 0.3 is 0 Å². The Morgan fingerprint density at radius 3 is 2.64 bits per heavy atom. The topological polar surface area (TPSA) is 3.24 Å². The first-order valence-corrected chi connectivity index (χ1v) is 4.28. The zero-order chi connectivity index (χ0) is 8.27. The van der Waals surface area contributed by atoms with Gasteiger partial charge in [0, 0.05) is 6.04 Å². The number of hydrogen-bond donors (Lipinski definition) is 0. The van der Waals surface area contributed by atoms with Gasteiger partial charge in [-0.1, -0.05) is 25.2 Å². The molecule has 0 aromatic rings. The zero-order valence-electron chi connectivity index (χ0n) is 7.67. The molecule has 1 unspecified atom stereocenters. The minimum Gasteiger partial charge on any atom is -0.302 e. The van der Waals surface area contributed by atoms with E-state index in [1.54, 1.807) is 0 Å². The molecule has 0 aliphatic heterocycles. The normalized spacial score (nSPS) is 19.1. The van der Waals surface area contributed by atoms with E-state index in [0.29, 0.717) is 6.04 Å². The monoisotopic (exact) mass is 151 g/mol. The third-order valence-electron chi connectivity index (χ3n) is 2.19. The van der Waals surface area contributed by atoms with Crippen LogP contribution in [0.1, 0.15) is 19.8 Å². The van der Waals surface area contributed by atoms with Crippen LogP contribution in [-0.2, 0) is 0 Å². The first-order valence-electron chi connectivity index (χ1n) is 4.28. The van der Waals surface area contributed by atoms with Gasteiger partial charge in [0.15, 0.2) is 0 Å². The van der Waals surface area contributed by atoms with E-state index in [-0.39, 0.29) is 0 Å². The zero-order valence-corrected chi connectivity index (χ0v) is 7.67. The second-order valence-corrected chi connectivity index (χ2v) is 3.23. The van der Waals surface area contributed by atoms with Gasteiger partial charge in [-0.05, 0) is 32.5 Å². The molecule has 1 aliphatic rings. The van der Waals surface area contributed by atoms with Crippen LogP contribution in [0.25, 0.3) is 0 Å². The number of likely N-dealkylation sites (N-methyl/N-ethyl adjacent to an activating group) is 1. The van der Waals surface area contributed by atoms with Crippen LogP contribution in [-0.4, -0.2) is 25.0 Å². The molecule has 1 heteroatoms. The van der Waals surface area contributed by atoms with Gasteiger partial charge in [0.05, 0.1) is 0 Å². The fourth-order valence-electron chi connectivity index (χ4n) is 1.62. The summed E-state index contributed by atoms with van der Waals surface area (Å²) in [6, 6.07) is 0.619. The molecule has 11 heavy (non-hydrogen) atoms. The Balaban J connectivity index is 2.61. The van der Waals surface area contributed by atoms with Crippen LogP contribution >= 0.6 is 0 Å². The van der Waals surface area contributed by atoms with Crippen molar-refractivity contribution < 1.29 is 0 Å². The molecule has 0 bridgehead atoms. The molecule has 1 atom stereocenters. The molecule has 0 heterocycles. The maximum Gasteiger partial charge on any atom is 0.0336 e. The Kier molecular flexibility index (Phi) is 2.89. The number of nitrogens with zero attached hydrogens (tertiary/aromatic N) is 1. The van der Waals surface area contributed by atoms with Crippen molar-refractivity contribution >= 4 is 0 Å². The predicted octanol–water partition coefficient (Wildman–Crippen LogP) is 2.21. The number of allylic oxidation sites excluding steroid dienone is 2. The second-order valence-electron chi connectivity index (χ2n) is 3.23. The third kappa shape index (κ3) is 1.93. The van der Waals surface area contributed by atoms with Crippen molar-refractivity contribution in [2.24, 2.45) is 0 Å². The van der Waals surface area contributed by atoms with Gasteiger partial charge < -0.3 is 4.90 Å². The van der Waals surface area contributed by atoms with E-state index >= 15 is 0 Å². The quantitative estimate of drug-likeness (QED) is 0.597. The maximum absolute atomic E-state index is 2.31. The van der Waals surface area contributed by atoms with Crippen molar-refractivity contribution in [1.82, 2.24) is 4.90 Å². The highest BCUT2D eigenvalue weighted by Gasteiger charge is 2.13. The molecule has 0 spiro atoms. The summed E-state index contributed by atoms with van der Waals surface area (Å²) in [6.45, 7) is 2.23. The van der Waals surface area contributed by atoms with Gasteiger partial charge in [0.25, 0.3) is 0 Å². The molecule has 1 nitrogen and oxygen atoms in total. The van der Waals surface area contributed by atoms with Crippen LogP contribution in [0.2, 0.25) is 0 Å². The minimum atomic E-state index is 0.619. The maximum atomic E-state index is 2.31. The summed E-state index contributed by atoms with van der Waals surface area (Å²) in [5.41, 5.74) is 1.48. The van der Waals surface area contributed by atoms with E-state index in [0.717, 1.165) is 6.42 Å². The van der Waals surface area contributed by atoms with Gasteiger partial charge in [0.1, 0.15) is 0 Å². The van der Waals surface area contributed by atoms with E-state index in [1.807, 2.05) is 0 Å². The molecule has 0 aromatic carbocycles. The first kappa shape index (κ1) is 8.54. The van der Waals surface area contributed by atoms with Gasteiger partial charge in [0.2, 0.25) is 0 Å². The molecular formula is C10H17N. The molecule has 0 radical (unpaired) electrons. The number of rotatable bonds is 3. The Labute approximate surface area is 69.4 Å². The van der Waals surface area contributed by atoms with Crippen molar-refractivity contribution in [2.45, 2.75) is 25.8 Å². The molecule has 1 rings (SSSR count). The van der Waals surface area contributed by atoms with Crippen molar-refractivity contribution in [3.63, 3.8) is 0 Å². The molecule has 0 aromatic heterocycles. The standard InChI is InChI=1S/C10H17N/c1-4-10(11(2)3)9-7-5-6-8-9/h5,7-8,10H,4,6H2,1-3H3. The Hall–Kier alpha value is -0.560. The lowest BCUT2D eigenvalue weighted by Crippen LogP contribution is -2.28. The van der Waals surface area contributed by atoms with E-state index in [1.165, 1.54) is 12.0 Å². The highest BCUT2D eigenvalue weighted by Crippen LogP contribution is 2.18. The van der Waals surface area contributed by atoms with Crippen LogP contribution in [0.5, 0.6) is 0 Å². The van der Waals surface area contributed by atoms with E-state index in [4.69, 9.17) is 0 Å².